The van der Waals surface area contributed by atoms with E-state index in [0.717, 1.165) is 12.1 Å². The van der Waals surface area contributed by atoms with Gasteiger partial charge < -0.3 is 15.2 Å². The molecule has 2 atom stereocenters. The van der Waals surface area contributed by atoms with Crippen molar-refractivity contribution < 1.29 is 17.9 Å². The second-order valence-corrected chi connectivity index (χ2v) is 7.71. The first kappa shape index (κ1) is 18.7. The number of nitrogens with zero attached hydrogens (tertiary/aromatic N) is 1. The Morgan fingerprint density at radius 3 is 2.59 bits per heavy atom. The van der Waals surface area contributed by atoms with Crippen LogP contribution in [-0.2, 0) is 9.84 Å². The standard InChI is InChI=1S/C15H26N2O4S/c1-5-21-15-13(20-3)9-8-12(17-15)14(16)11(2)7-6-10-22(4,18)19/h8-9,11,14H,5-7,10,16H2,1-4H3. The number of nitrogens with two attached hydrogens (primary N) is 1. The minimum Gasteiger partial charge on any atom is -0.491 e. The topological polar surface area (TPSA) is 91.5 Å². The van der Waals surface area contributed by atoms with Gasteiger partial charge >= 0.3 is 0 Å². The molecule has 0 saturated heterocycles. The number of rotatable bonds is 9. The van der Waals surface area contributed by atoms with Crippen molar-refractivity contribution in [1.29, 1.82) is 0 Å². The van der Waals surface area contributed by atoms with Gasteiger partial charge in [-0.2, -0.15) is 0 Å². The molecule has 0 fully saturated rings. The lowest BCUT2D eigenvalue weighted by molar-refractivity contribution is 0.295. The lowest BCUT2D eigenvalue weighted by atomic mass is 9.95. The van der Waals surface area contributed by atoms with Crippen molar-refractivity contribution in [2.45, 2.75) is 32.7 Å². The Labute approximate surface area is 132 Å². The molecule has 2 unspecified atom stereocenters. The van der Waals surface area contributed by atoms with E-state index in [-0.39, 0.29) is 17.7 Å². The lowest BCUT2D eigenvalue weighted by Gasteiger charge is -2.20. The van der Waals surface area contributed by atoms with Crippen LogP contribution in [0.3, 0.4) is 0 Å². The number of methoxy groups -OCH3 is 1. The van der Waals surface area contributed by atoms with Crippen LogP contribution in [0.15, 0.2) is 12.1 Å². The maximum atomic E-state index is 11.2. The summed E-state index contributed by atoms with van der Waals surface area (Å²) in [4.78, 5) is 4.42. The molecule has 0 spiro atoms. The average molecular weight is 330 g/mol. The van der Waals surface area contributed by atoms with Gasteiger partial charge in [-0.05, 0) is 37.8 Å². The number of hydrogen-bond donors (Lipinski definition) is 1. The third kappa shape index (κ3) is 5.81. The maximum absolute atomic E-state index is 11.2. The number of ether oxygens (including phenoxy) is 2. The molecule has 0 aliphatic rings. The summed E-state index contributed by atoms with van der Waals surface area (Å²) in [6.07, 6.45) is 2.57. The minimum atomic E-state index is -2.93. The quantitative estimate of drug-likeness (QED) is 0.744. The molecule has 126 valence electrons. The second kappa shape index (κ2) is 8.33. The zero-order valence-electron chi connectivity index (χ0n) is 13.7. The van der Waals surface area contributed by atoms with E-state index in [1.807, 2.05) is 19.9 Å². The maximum Gasteiger partial charge on any atom is 0.257 e. The van der Waals surface area contributed by atoms with Crippen LogP contribution in [0, 0.1) is 5.92 Å². The Morgan fingerprint density at radius 1 is 1.36 bits per heavy atom. The third-order valence-corrected chi connectivity index (χ3v) is 4.51. The summed E-state index contributed by atoms with van der Waals surface area (Å²) in [5.74, 6) is 1.31. The number of pyridine rings is 1. The molecule has 0 radical (unpaired) electrons. The van der Waals surface area contributed by atoms with Gasteiger partial charge in [0.15, 0.2) is 5.75 Å². The summed E-state index contributed by atoms with van der Waals surface area (Å²) in [7, 11) is -1.36. The summed E-state index contributed by atoms with van der Waals surface area (Å²) in [5, 5.41) is 0. The van der Waals surface area contributed by atoms with E-state index in [0.29, 0.717) is 24.7 Å². The fraction of sp³-hybridized carbons (Fsp3) is 0.667. The minimum absolute atomic E-state index is 0.122. The van der Waals surface area contributed by atoms with E-state index >= 15 is 0 Å². The highest BCUT2D eigenvalue weighted by molar-refractivity contribution is 7.90. The SMILES string of the molecule is CCOc1nc(C(N)C(C)CCCS(C)(=O)=O)ccc1OC. The van der Waals surface area contributed by atoms with Crippen molar-refractivity contribution in [2.75, 3.05) is 25.7 Å². The molecule has 2 N–H and O–H groups in total. The molecule has 22 heavy (non-hydrogen) atoms. The van der Waals surface area contributed by atoms with Crippen molar-refractivity contribution in [3.63, 3.8) is 0 Å². The van der Waals surface area contributed by atoms with Crippen LogP contribution >= 0.6 is 0 Å². The Hall–Kier alpha value is -1.34. The van der Waals surface area contributed by atoms with Gasteiger partial charge in [-0.15, -0.1) is 0 Å². The molecule has 7 heteroatoms. The summed E-state index contributed by atoms with van der Waals surface area (Å²) in [5.41, 5.74) is 6.96. The van der Waals surface area contributed by atoms with Crippen LogP contribution < -0.4 is 15.2 Å². The predicted octanol–water partition coefficient (Wildman–Crippen LogP) is 1.95. The van der Waals surface area contributed by atoms with Crippen LogP contribution in [0.4, 0.5) is 0 Å². The number of sulfone groups is 1. The van der Waals surface area contributed by atoms with Gasteiger partial charge in [0.25, 0.3) is 5.88 Å². The van der Waals surface area contributed by atoms with E-state index < -0.39 is 9.84 Å². The molecule has 1 rings (SSSR count). The van der Waals surface area contributed by atoms with Crippen LogP contribution in [0.2, 0.25) is 0 Å². The molecule has 6 nitrogen and oxygen atoms in total. The molecule has 0 aliphatic carbocycles. The molecular weight excluding hydrogens is 304 g/mol. The van der Waals surface area contributed by atoms with Gasteiger partial charge in [0.05, 0.1) is 19.4 Å². The highest BCUT2D eigenvalue weighted by Crippen LogP contribution is 2.29. The monoisotopic (exact) mass is 330 g/mol. The third-order valence-electron chi connectivity index (χ3n) is 3.48. The first-order valence-corrected chi connectivity index (χ1v) is 9.45. The fourth-order valence-corrected chi connectivity index (χ4v) is 2.85. The molecule has 0 aromatic carbocycles. The second-order valence-electron chi connectivity index (χ2n) is 5.45. The first-order chi connectivity index (χ1) is 10.3. The van der Waals surface area contributed by atoms with E-state index in [9.17, 15) is 8.42 Å². The smallest absolute Gasteiger partial charge is 0.257 e. The molecule has 0 saturated carbocycles. The van der Waals surface area contributed by atoms with Gasteiger partial charge in [0, 0.05) is 18.1 Å². The van der Waals surface area contributed by atoms with Gasteiger partial charge in [-0.3, -0.25) is 0 Å². The van der Waals surface area contributed by atoms with E-state index in [1.54, 1.807) is 13.2 Å². The summed E-state index contributed by atoms with van der Waals surface area (Å²) in [6.45, 7) is 4.37. The summed E-state index contributed by atoms with van der Waals surface area (Å²) < 4.78 is 33.0. The largest absolute Gasteiger partial charge is 0.491 e. The van der Waals surface area contributed by atoms with Crippen molar-refractivity contribution in [3.05, 3.63) is 17.8 Å². The van der Waals surface area contributed by atoms with Gasteiger partial charge in [0.1, 0.15) is 9.84 Å². The molecule has 1 aromatic heterocycles. The summed E-state index contributed by atoms with van der Waals surface area (Å²) >= 11 is 0. The van der Waals surface area contributed by atoms with Crippen LogP contribution in [0.25, 0.3) is 0 Å². The number of aromatic nitrogens is 1. The lowest BCUT2D eigenvalue weighted by Crippen LogP contribution is -2.21. The Kier molecular flexibility index (Phi) is 7.09. The normalized spacial score (nSPS) is 14.4. The zero-order chi connectivity index (χ0) is 16.8. The zero-order valence-corrected chi connectivity index (χ0v) is 14.5. The highest BCUT2D eigenvalue weighted by Gasteiger charge is 2.19. The Bertz CT molecular complexity index is 575. The Balaban J connectivity index is 2.75. The van der Waals surface area contributed by atoms with Gasteiger partial charge in [-0.1, -0.05) is 6.92 Å². The molecule has 1 aromatic rings. The molecule has 0 aliphatic heterocycles. The van der Waals surface area contributed by atoms with E-state index in [2.05, 4.69) is 4.98 Å². The predicted molar refractivity (Wildman–Crippen MR) is 87.0 cm³/mol. The molecule has 1 heterocycles. The van der Waals surface area contributed by atoms with Crippen LogP contribution in [0.5, 0.6) is 11.6 Å². The molecular formula is C15H26N2O4S. The van der Waals surface area contributed by atoms with Crippen molar-refractivity contribution >= 4 is 9.84 Å². The van der Waals surface area contributed by atoms with Crippen LogP contribution in [-0.4, -0.2) is 39.1 Å². The summed E-state index contributed by atoms with van der Waals surface area (Å²) in [6, 6.07) is 3.33. The van der Waals surface area contributed by atoms with E-state index in [4.69, 9.17) is 15.2 Å². The Morgan fingerprint density at radius 2 is 2.05 bits per heavy atom. The molecule has 0 amide bonds. The highest BCUT2D eigenvalue weighted by atomic mass is 32.2. The van der Waals surface area contributed by atoms with Crippen molar-refractivity contribution in [2.24, 2.45) is 11.7 Å². The van der Waals surface area contributed by atoms with Gasteiger partial charge in [-0.25, -0.2) is 13.4 Å². The van der Waals surface area contributed by atoms with Gasteiger partial charge in [0.2, 0.25) is 0 Å². The first-order valence-electron chi connectivity index (χ1n) is 7.39. The number of hydrogen-bond acceptors (Lipinski definition) is 6. The van der Waals surface area contributed by atoms with E-state index in [1.165, 1.54) is 6.26 Å². The fourth-order valence-electron chi connectivity index (χ4n) is 2.16. The van der Waals surface area contributed by atoms with Crippen LogP contribution in [0.1, 0.15) is 38.4 Å². The average Bonchev–Trinajstić information content (AvgIpc) is 2.45. The van der Waals surface area contributed by atoms with Crippen molar-refractivity contribution in [1.82, 2.24) is 4.98 Å². The van der Waals surface area contributed by atoms with Crippen molar-refractivity contribution in [3.8, 4) is 11.6 Å². The molecule has 0 bridgehead atoms.